The van der Waals surface area contributed by atoms with Crippen LogP contribution in [0.5, 0.6) is 0 Å². The third-order valence-electron chi connectivity index (χ3n) is 4.70. The van der Waals surface area contributed by atoms with Crippen LogP contribution in [0.1, 0.15) is 37.7 Å². The van der Waals surface area contributed by atoms with E-state index in [0.29, 0.717) is 12.8 Å². The van der Waals surface area contributed by atoms with E-state index < -0.39 is 5.97 Å². The number of rotatable bonds is 6. The van der Waals surface area contributed by atoms with Crippen molar-refractivity contribution in [2.24, 2.45) is 0 Å². The lowest BCUT2D eigenvalue weighted by Crippen LogP contribution is -2.44. The molecule has 25 heavy (non-hydrogen) atoms. The first-order valence-electron chi connectivity index (χ1n) is 8.74. The number of carbonyl (C=O) groups is 2. The van der Waals surface area contributed by atoms with Crippen molar-refractivity contribution >= 4 is 11.9 Å². The molecule has 1 saturated heterocycles. The number of carboxylic acids is 1. The highest BCUT2D eigenvalue weighted by atomic mass is 16.4. The summed E-state index contributed by atoms with van der Waals surface area (Å²) in [5.41, 5.74) is 1.92. The number of hydrogen-bond donors (Lipinski definition) is 1. The molecule has 1 atom stereocenters. The van der Waals surface area contributed by atoms with Crippen LogP contribution in [0.2, 0.25) is 0 Å². The number of hydrogen-bond acceptors (Lipinski definition) is 3. The minimum absolute atomic E-state index is 0.0562. The summed E-state index contributed by atoms with van der Waals surface area (Å²) in [6.45, 7) is 0.731. The van der Waals surface area contributed by atoms with Crippen molar-refractivity contribution in [2.45, 2.75) is 44.6 Å². The molecule has 1 aromatic carbocycles. The zero-order valence-electron chi connectivity index (χ0n) is 14.2. The smallest absolute Gasteiger partial charge is 0.303 e. The van der Waals surface area contributed by atoms with Gasteiger partial charge < -0.3 is 10.0 Å². The average molecular weight is 341 g/mol. The topological polar surface area (TPSA) is 75.4 Å². The quantitative estimate of drug-likeness (QED) is 0.876. The molecule has 132 valence electrons. The predicted molar refractivity (Wildman–Crippen MR) is 93.5 cm³/mol. The molecule has 1 amide bonds. The van der Waals surface area contributed by atoms with Gasteiger partial charge in [0.25, 0.3) is 0 Å². The molecule has 3 rings (SSSR count). The van der Waals surface area contributed by atoms with Crippen LogP contribution in [-0.2, 0) is 16.0 Å². The highest BCUT2D eigenvalue weighted by Gasteiger charge is 2.26. The molecule has 0 spiro atoms. The van der Waals surface area contributed by atoms with Gasteiger partial charge in [-0.2, -0.15) is 5.10 Å². The number of benzene rings is 1. The van der Waals surface area contributed by atoms with Crippen molar-refractivity contribution in [3.05, 3.63) is 48.3 Å². The van der Waals surface area contributed by atoms with Crippen molar-refractivity contribution in [3.8, 4) is 5.69 Å². The summed E-state index contributed by atoms with van der Waals surface area (Å²) in [7, 11) is 0. The molecule has 1 N–H and O–H groups in total. The third-order valence-corrected chi connectivity index (χ3v) is 4.70. The molecule has 1 aliphatic heterocycles. The first-order chi connectivity index (χ1) is 12.1. The van der Waals surface area contributed by atoms with Crippen LogP contribution in [0.15, 0.2) is 42.7 Å². The second kappa shape index (κ2) is 7.96. The lowest BCUT2D eigenvalue weighted by Gasteiger charge is -2.35. The molecule has 0 aliphatic carbocycles. The number of nitrogens with zero attached hydrogens (tertiary/aromatic N) is 3. The van der Waals surface area contributed by atoms with Crippen LogP contribution in [0.3, 0.4) is 0 Å². The largest absolute Gasteiger partial charge is 0.481 e. The Morgan fingerprint density at radius 1 is 1.20 bits per heavy atom. The molecule has 0 radical (unpaired) electrons. The van der Waals surface area contributed by atoms with E-state index in [1.165, 1.54) is 0 Å². The van der Waals surface area contributed by atoms with E-state index in [1.807, 2.05) is 41.4 Å². The second-order valence-corrected chi connectivity index (χ2v) is 6.46. The summed E-state index contributed by atoms with van der Waals surface area (Å²) in [5, 5.41) is 13.1. The van der Waals surface area contributed by atoms with Gasteiger partial charge >= 0.3 is 5.97 Å². The Bertz CT molecular complexity index is 710. The SMILES string of the molecule is O=C(O)CC[C@@H]1CCCCN1C(=O)Cc1ccc(-n2cccn2)cc1. The number of aromatic nitrogens is 2. The average Bonchev–Trinajstić information content (AvgIpc) is 3.15. The second-order valence-electron chi connectivity index (χ2n) is 6.46. The molecule has 0 saturated carbocycles. The van der Waals surface area contributed by atoms with Crippen molar-refractivity contribution in [1.82, 2.24) is 14.7 Å². The monoisotopic (exact) mass is 341 g/mol. The molecular formula is C19H23N3O3. The van der Waals surface area contributed by atoms with Crippen LogP contribution < -0.4 is 0 Å². The number of carboxylic acid groups (broad SMARTS) is 1. The van der Waals surface area contributed by atoms with Gasteiger partial charge in [-0.05, 0) is 49.4 Å². The van der Waals surface area contributed by atoms with Crippen LogP contribution >= 0.6 is 0 Å². The Hall–Kier alpha value is -2.63. The van der Waals surface area contributed by atoms with E-state index in [2.05, 4.69) is 5.10 Å². The highest BCUT2D eigenvalue weighted by Crippen LogP contribution is 2.22. The Labute approximate surface area is 147 Å². The molecule has 2 heterocycles. The van der Waals surface area contributed by atoms with Gasteiger partial charge in [0.1, 0.15) is 0 Å². The molecule has 1 aromatic heterocycles. The summed E-state index contributed by atoms with van der Waals surface area (Å²) >= 11 is 0. The minimum Gasteiger partial charge on any atom is -0.481 e. The van der Waals surface area contributed by atoms with Gasteiger partial charge in [0, 0.05) is 31.4 Å². The van der Waals surface area contributed by atoms with Crippen LogP contribution in [0.4, 0.5) is 0 Å². The molecule has 6 nitrogen and oxygen atoms in total. The maximum Gasteiger partial charge on any atom is 0.303 e. The van der Waals surface area contributed by atoms with E-state index >= 15 is 0 Å². The number of piperidine rings is 1. The fourth-order valence-electron chi connectivity index (χ4n) is 3.38. The normalized spacial score (nSPS) is 17.4. The van der Waals surface area contributed by atoms with Crippen LogP contribution in [0, 0.1) is 0 Å². The number of amides is 1. The lowest BCUT2D eigenvalue weighted by molar-refractivity contribution is -0.139. The minimum atomic E-state index is -0.799. The molecule has 0 bridgehead atoms. The standard InChI is InChI=1S/C19H23N3O3/c23-18(21-12-2-1-4-16(21)9-10-19(24)25)14-15-5-7-17(8-6-15)22-13-3-11-20-22/h3,5-8,11,13,16H,1-2,4,9-10,12,14H2,(H,24,25)/t16-/m0/s1. The lowest BCUT2D eigenvalue weighted by atomic mass is 9.97. The molecule has 1 aliphatic rings. The first-order valence-corrected chi connectivity index (χ1v) is 8.74. The van der Waals surface area contributed by atoms with E-state index in [1.54, 1.807) is 10.9 Å². The van der Waals surface area contributed by atoms with E-state index in [4.69, 9.17) is 5.11 Å². The summed E-state index contributed by atoms with van der Waals surface area (Å²) in [4.78, 5) is 25.4. The zero-order valence-corrected chi connectivity index (χ0v) is 14.2. The van der Waals surface area contributed by atoms with Gasteiger partial charge in [-0.15, -0.1) is 0 Å². The fraction of sp³-hybridized carbons (Fsp3) is 0.421. The summed E-state index contributed by atoms with van der Waals surface area (Å²) in [6.07, 6.45) is 7.57. The molecular weight excluding hydrogens is 318 g/mol. The van der Waals surface area contributed by atoms with Crippen molar-refractivity contribution in [3.63, 3.8) is 0 Å². The maximum absolute atomic E-state index is 12.7. The van der Waals surface area contributed by atoms with Gasteiger partial charge in [-0.1, -0.05) is 12.1 Å². The van der Waals surface area contributed by atoms with E-state index in [0.717, 1.165) is 37.1 Å². The van der Waals surface area contributed by atoms with Crippen LogP contribution in [0.25, 0.3) is 5.69 Å². The van der Waals surface area contributed by atoms with Crippen LogP contribution in [-0.4, -0.2) is 44.3 Å². The Morgan fingerprint density at radius 3 is 2.68 bits per heavy atom. The van der Waals surface area contributed by atoms with Gasteiger partial charge in [-0.3, -0.25) is 9.59 Å². The maximum atomic E-state index is 12.7. The summed E-state index contributed by atoms with van der Waals surface area (Å²) in [5.74, 6) is -0.714. The predicted octanol–water partition coefficient (Wildman–Crippen LogP) is 2.66. The van der Waals surface area contributed by atoms with Gasteiger partial charge in [0.15, 0.2) is 0 Å². The molecule has 0 unspecified atom stereocenters. The van der Waals surface area contributed by atoms with E-state index in [-0.39, 0.29) is 18.4 Å². The number of likely N-dealkylation sites (tertiary alicyclic amines) is 1. The van der Waals surface area contributed by atoms with Gasteiger partial charge in [0.05, 0.1) is 12.1 Å². The van der Waals surface area contributed by atoms with Crippen molar-refractivity contribution in [1.29, 1.82) is 0 Å². The van der Waals surface area contributed by atoms with E-state index in [9.17, 15) is 9.59 Å². The number of aliphatic carboxylic acids is 1. The highest BCUT2D eigenvalue weighted by molar-refractivity contribution is 5.79. The molecule has 6 heteroatoms. The first kappa shape index (κ1) is 17.2. The number of carbonyl (C=O) groups excluding carboxylic acids is 1. The van der Waals surface area contributed by atoms with Gasteiger partial charge in [-0.25, -0.2) is 4.68 Å². The fourth-order valence-corrected chi connectivity index (χ4v) is 3.38. The third kappa shape index (κ3) is 4.47. The zero-order chi connectivity index (χ0) is 17.6. The van der Waals surface area contributed by atoms with Gasteiger partial charge in [0.2, 0.25) is 5.91 Å². The Balaban J connectivity index is 1.62. The summed E-state index contributed by atoms with van der Waals surface area (Å²) < 4.78 is 1.78. The summed E-state index contributed by atoms with van der Waals surface area (Å²) in [6, 6.07) is 9.73. The van der Waals surface area contributed by atoms with Crippen molar-refractivity contribution in [2.75, 3.05) is 6.54 Å². The molecule has 1 fully saturated rings. The molecule has 2 aromatic rings. The Kier molecular flexibility index (Phi) is 5.48. The Morgan fingerprint density at radius 2 is 2.00 bits per heavy atom. The van der Waals surface area contributed by atoms with Crippen molar-refractivity contribution < 1.29 is 14.7 Å².